The number of carbonyl (C=O) groups excluding carboxylic acids is 1. The van der Waals surface area contributed by atoms with Crippen molar-refractivity contribution in [2.75, 3.05) is 25.1 Å². The molecule has 0 aliphatic carbocycles. The van der Waals surface area contributed by atoms with E-state index in [9.17, 15) is 4.79 Å². The van der Waals surface area contributed by atoms with Crippen LogP contribution in [0.5, 0.6) is 0 Å². The zero-order valence-corrected chi connectivity index (χ0v) is 15.7. The summed E-state index contributed by atoms with van der Waals surface area (Å²) in [6, 6.07) is 3.93. The molecule has 0 radical (unpaired) electrons. The van der Waals surface area contributed by atoms with Gasteiger partial charge in [-0.15, -0.1) is 0 Å². The van der Waals surface area contributed by atoms with Gasteiger partial charge in [-0.1, -0.05) is 0 Å². The maximum atomic E-state index is 11.9. The molecule has 1 unspecified atom stereocenters. The highest BCUT2D eigenvalue weighted by atomic mass is 16.7. The minimum atomic E-state index is -0.409. The first-order valence-corrected chi connectivity index (χ1v) is 8.88. The van der Waals surface area contributed by atoms with Gasteiger partial charge in [0.1, 0.15) is 5.82 Å². The Kier molecular flexibility index (Phi) is 4.81. The van der Waals surface area contributed by atoms with E-state index in [1.165, 1.54) is 7.11 Å². The number of nitrogens with zero attached hydrogens (tertiary/aromatic N) is 2. The molecule has 2 saturated heterocycles. The summed E-state index contributed by atoms with van der Waals surface area (Å²) in [6.07, 6.45) is 3.58. The number of ether oxygens (including phenoxy) is 1. The van der Waals surface area contributed by atoms with Gasteiger partial charge in [-0.25, -0.2) is 4.98 Å². The molecular weight excluding hydrogens is 319 g/mol. The van der Waals surface area contributed by atoms with E-state index < -0.39 is 7.12 Å². The summed E-state index contributed by atoms with van der Waals surface area (Å²) in [4.78, 5) is 18.5. The van der Waals surface area contributed by atoms with Gasteiger partial charge in [0.05, 0.1) is 24.2 Å². The monoisotopic (exact) mass is 346 g/mol. The summed E-state index contributed by atoms with van der Waals surface area (Å²) in [5.74, 6) is 0.605. The van der Waals surface area contributed by atoms with E-state index in [1.54, 1.807) is 6.20 Å². The van der Waals surface area contributed by atoms with Crippen LogP contribution >= 0.6 is 0 Å². The molecule has 0 saturated carbocycles. The van der Waals surface area contributed by atoms with Crippen LogP contribution in [0.4, 0.5) is 5.82 Å². The van der Waals surface area contributed by atoms with Crippen molar-refractivity contribution < 1.29 is 18.8 Å². The van der Waals surface area contributed by atoms with Gasteiger partial charge in [-0.3, -0.25) is 4.79 Å². The molecule has 3 rings (SSSR count). The smallest absolute Gasteiger partial charge is 0.469 e. The fourth-order valence-corrected chi connectivity index (χ4v) is 3.28. The summed E-state index contributed by atoms with van der Waals surface area (Å²) < 4.78 is 17.2. The van der Waals surface area contributed by atoms with Crippen LogP contribution < -0.4 is 10.4 Å². The quantitative estimate of drug-likeness (QED) is 0.614. The van der Waals surface area contributed by atoms with Crippen LogP contribution in [-0.4, -0.2) is 49.5 Å². The van der Waals surface area contributed by atoms with Crippen molar-refractivity contribution in [3.8, 4) is 0 Å². The zero-order chi connectivity index (χ0) is 18.2. The number of pyridine rings is 1. The number of rotatable bonds is 3. The van der Waals surface area contributed by atoms with Gasteiger partial charge < -0.3 is 18.9 Å². The van der Waals surface area contributed by atoms with Crippen LogP contribution in [0.1, 0.15) is 40.5 Å². The molecule has 2 aliphatic heterocycles. The summed E-state index contributed by atoms with van der Waals surface area (Å²) in [5.41, 5.74) is 0.202. The van der Waals surface area contributed by atoms with Crippen LogP contribution in [0.3, 0.4) is 0 Å². The number of carbonyl (C=O) groups is 1. The van der Waals surface area contributed by atoms with Crippen molar-refractivity contribution >= 4 is 24.4 Å². The minimum Gasteiger partial charge on any atom is -0.469 e. The molecule has 0 spiro atoms. The van der Waals surface area contributed by atoms with Gasteiger partial charge in [0.15, 0.2) is 0 Å². The van der Waals surface area contributed by atoms with E-state index >= 15 is 0 Å². The van der Waals surface area contributed by atoms with Crippen molar-refractivity contribution in [3.05, 3.63) is 18.3 Å². The van der Waals surface area contributed by atoms with E-state index in [2.05, 4.69) is 9.88 Å². The number of hydrogen-bond acceptors (Lipinski definition) is 6. The molecule has 1 atom stereocenters. The predicted octanol–water partition coefficient (Wildman–Crippen LogP) is 1.77. The molecule has 1 aromatic rings. The van der Waals surface area contributed by atoms with Crippen LogP contribution in [0.2, 0.25) is 0 Å². The minimum absolute atomic E-state index is 0.0962. The predicted molar refractivity (Wildman–Crippen MR) is 96.9 cm³/mol. The number of aromatic nitrogens is 1. The fourth-order valence-electron chi connectivity index (χ4n) is 3.28. The lowest BCUT2D eigenvalue weighted by Gasteiger charge is -2.32. The Morgan fingerprint density at radius 3 is 2.64 bits per heavy atom. The summed E-state index contributed by atoms with van der Waals surface area (Å²) in [5, 5.41) is 0. The third-order valence-corrected chi connectivity index (χ3v) is 5.57. The topological polar surface area (TPSA) is 60.9 Å². The van der Waals surface area contributed by atoms with E-state index in [1.807, 2.05) is 39.8 Å². The van der Waals surface area contributed by atoms with Gasteiger partial charge in [-0.2, -0.15) is 0 Å². The maximum Gasteiger partial charge on any atom is 0.495 e. The van der Waals surface area contributed by atoms with E-state index in [0.717, 1.165) is 30.7 Å². The lowest BCUT2D eigenvalue weighted by atomic mass is 9.79. The van der Waals surface area contributed by atoms with Crippen LogP contribution in [0.15, 0.2) is 18.3 Å². The average molecular weight is 346 g/mol. The average Bonchev–Trinajstić information content (AvgIpc) is 2.82. The van der Waals surface area contributed by atoms with Gasteiger partial charge >= 0.3 is 13.1 Å². The Hall–Kier alpha value is -1.60. The third kappa shape index (κ3) is 3.53. The Morgan fingerprint density at radius 2 is 2.00 bits per heavy atom. The van der Waals surface area contributed by atoms with E-state index in [0.29, 0.717) is 6.54 Å². The van der Waals surface area contributed by atoms with Crippen molar-refractivity contribution in [3.63, 3.8) is 0 Å². The molecule has 3 heterocycles. The van der Waals surface area contributed by atoms with Crippen LogP contribution in [0, 0.1) is 5.92 Å². The molecule has 6 nitrogen and oxygen atoms in total. The fraction of sp³-hybridized carbons (Fsp3) is 0.667. The summed E-state index contributed by atoms with van der Waals surface area (Å²) in [6.45, 7) is 9.68. The van der Waals surface area contributed by atoms with E-state index in [-0.39, 0.29) is 23.1 Å². The normalized spacial score (nSPS) is 25.1. The second kappa shape index (κ2) is 6.61. The first kappa shape index (κ1) is 18.2. The number of anilines is 1. The van der Waals surface area contributed by atoms with Crippen molar-refractivity contribution in [2.45, 2.75) is 51.7 Å². The number of esters is 1. The van der Waals surface area contributed by atoms with Gasteiger partial charge in [0.2, 0.25) is 0 Å². The SMILES string of the molecule is COC(=O)C1CCCN(c2cc(B3OC(C)(C)C(C)(C)O3)ccn2)C1. The lowest BCUT2D eigenvalue weighted by molar-refractivity contribution is -0.145. The highest BCUT2D eigenvalue weighted by Gasteiger charge is 2.51. The van der Waals surface area contributed by atoms with Gasteiger partial charge in [0, 0.05) is 19.3 Å². The molecule has 7 heteroatoms. The molecule has 2 aliphatic rings. The Balaban J connectivity index is 1.77. The number of methoxy groups -OCH3 is 1. The molecule has 0 aromatic carbocycles. The Labute approximate surface area is 150 Å². The van der Waals surface area contributed by atoms with Crippen LogP contribution in [-0.2, 0) is 18.8 Å². The zero-order valence-electron chi connectivity index (χ0n) is 15.7. The molecular formula is C18H27BN2O4. The van der Waals surface area contributed by atoms with Crippen molar-refractivity contribution in [2.24, 2.45) is 5.92 Å². The molecule has 0 N–H and O–H groups in total. The first-order chi connectivity index (χ1) is 11.7. The maximum absolute atomic E-state index is 11.9. The Bertz CT molecular complexity index is 634. The van der Waals surface area contributed by atoms with E-state index in [4.69, 9.17) is 14.0 Å². The standard InChI is InChI=1S/C18H27BN2O4/c1-17(2)18(3,4)25-19(24-17)14-8-9-20-15(11-14)21-10-6-7-13(12-21)16(22)23-5/h8-9,11,13H,6-7,10,12H2,1-5H3. The second-order valence-corrected chi connectivity index (χ2v) is 7.84. The summed E-state index contributed by atoms with van der Waals surface area (Å²) in [7, 11) is 1.03. The molecule has 2 fully saturated rings. The number of piperidine rings is 1. The van der Waals surface area contributed by atoms with Gasteiger partial charge in [0.25, 0.3) is 0 Å². The van der Waals surface area contributed by atoms with Crippen molar-refractivity contribution in [1.82, 2.24) is 4.98 Å². The van der Waals surface area contributed by atoms with Crippen LogP contribution in [0.25, 0.3) is 0 Å². The van der Waals surface area contributed by atoms with Gasteiger partial charge in [-0.05, 0) is 58.1 Å². The largest absolute Gasteiger partial charge is 0.495 e. The highest BCUT2D eigenvalue weighted by molar-refractivity contribution is 6.62. The molecule has 0 amide bonds. The summed E-state index contributed by atoms with van der Waals surface area (Å²) >= 11 is 0. The van der Waals surface area contributed by atoms with Crippen molar-refractivity contribution in [1.29, 1.82) is 0 Å². The third-order valence-electron chi connectivity index (χ3n) is 5.57. The molecule has 0 bridgehead atoms. The lowest BCUT2D eigenvalue weighted by Crippen LogP contribution is -2.41. The Morgan fingerprint density at radius 1 is 1.32 bits per heavy atom. The number of hydrogen-bond donors (Lipinski definition) is 0. The molecule has 25 heavy (non-hydrogen) atoms. The first-order valence-electron chi connectivity index (χ1n) is 8.88. The molecule has 1 aromatic heterocycles. The second-order valence-electron chi connectivity index (χ2n) is 7.84. The molecule has 136 valence electrons. The highest BCUT2D eigenvalue weighted by Crippen LogP contribution is 2.36.